The van der Waals surface area contributed by atoms with Crippen LogP contribution in [0.1, 0.15) is 10.6 Å². The third kappa shape index (κ3) is 2.11. The standard InChI is InChI=1S/C12H9IO3/c1-15-12(14)11-10(6-7-16-11)8-2-4-9(13)5-3-8/h2-7H,1H3. The average molecular weight is 328 g/mol. The lowest BCUT2D eigenvalue weighted by atomic mass is 10.1. The number of hydrogen-bond acceptors (Lipinski definition) is 3. The predicted octanol–water partition coefficient (Wildman–Crippen LogP) is 3.34. The molecule has 3 nitrogen and oxygen atoms in total. The van der Waals surface area contributed by atoms with Gasteiger partial charge in [-0.3, -0.25) is 0 Å². The first-order valence-corrected chi connectivity index (χ1v) is 5.72. The number of hydrogen-bond donors (Lipinski definition) is 0. The molecule has 0 aliphatic carbocycles. The summed E-state index contributed by atoms with van der Waals surface area (Å²) in [5.74, 6) is -0.220. The molecule has 0 aliphatic rings. The number of esters is 1. The molecule has 0 N–H and O–H groups in total. The van der Waals surface area contributed by atoms with Crippen LogP contribution in [0.4, 0.5) is 0 Å². The molecule has 0 unspecified atom stereocenters. The van der Waals surface area contributed by atoms with Crippen molar-refractivity contribution in [3.63, 3.8) is 0 Å². The quantitative estimate of drug-likeness (QED) is 0.627. The molecule has 0 fully saturated rings. The van der Waals surface area contributed by atoms with Gasteiger partial charge in [-0.1, -0.05) is 12.1 Å². The summed E-state index contributed by atoms with van der Waals surface area (Å²) in [6.07, 6.45) is 1.49. The number of methoxy groups -OCH3 is 1. The Labute approximate surface area is 107 Å². The fraction of sp³-hybridized carbons (Fsp3) is 0.0833. The molecule has 0 saturated heterocycles. The molecule has 16 heavy (non-hydrogen) atoms. The molecule has 2 aromatic rings. The van der Waals surface area contributed by atoms with E-state index in [-0.39, 0.29) is 5.76 Å². The first kappa shape index (κ1) is 11.2. The molecule has 0 atom stereocenters. The SMILES string of the molecule is COC(=O)c1occc1-c1ccc(I)cc1. The number of furan rings is 1. The third-order valence-corrected chi connectivity index (χ3v) is 2.91. The van der Waals surface area contributed by atoms with E-state index in [1.807, 2.05) is 24.3 Å². The Hall–Kier alpha value is -1.30. The van der Waals surface area contributed by atoms with Gasteiger partial charge in [0.05, 0.1) is 13.4 Å². The third-order valence-electron chi connectivity index (χ3n) is 2.19. The summed E-state index contributed by atoms with van der Waals surface area (Å²) < 4.78 is 10.9. The molecule has 0 saturated carbocycles. The monoisotopic (exact) mass is 328 g/mol. The van der Waals surface area contributed by atoms with E-state index in [4.69, 9.17) is 4.42 Å². The molecular formula is C12H9IO3. The summed E-state index contributed by atoms with van der Waals surface area (Å²) in [5, 5.41) is 0. The van der Waals surface area contributed by atoms with Crippen LogP contribution in [0.5, 0.6) is 0 Å². The molecule has 0 amide bonds. The molecule has 1 aromatic carbocycles. The van der Waals surface area contributed by atoms with Crippen LogP contribution in [0.2, 0.25) is 0 Å². The van der Waals surface area contributed by atoms with Crippen LogP contribution >= 0.6 is 22.6 Å². The van der Waals surface area contributed by atoms with Crippen LogP contribution in [0, 0.1) is 3.57 Å². The van der Waals surface area contributed by atoms with E-state index in [0.29, 0.717) is 0 Å². The number of carbonyl (C=O) groups is 1. The summed E-state index contributed by atoms with van der Waals surface area (Å²) >= 11 is 2.23. The Morgan fingerprint density at radius 2 is 1.94 bits per heavy atom. The maximum Gasteiger partial charge on any atom is 0.374 e. The largest absolute Gasteiger partial charge is 0.463 e. The van der Waals surface area contributed by atoms with Gasteiger partial charge in [-0.2, -0.15) is 0 Å². The second-order valence-electron chi connectivity index (χ2n) is 3.16. The minimum atomic E-state index is -0.460. The summed E-state index contributed by atoms with van der Waals surface area (Å²) in [4.78, 5) is 11.4. The lowest BCUT2D eigenvalue weighted by Crippen LogP contribution is -2.00. The van der Waals surface area contributed by atoms with Crippen molar-refractivity contribution < 1.29 is 13.9 Å². The second kappa shape index (κ2) is 4.69. The van der Waals surface area contributed by atoms with Gasteiger partial charge in [0.2, 0.25) is 5.76 Å². The van der Waals surface area contributed by atoms with Crippen LogP contribution < -0.4 is 0 Å². The molecule has 0 aliphatic heterocycles. The Morgan fingerprint density at radius 3 is 2.56 bits per heavy atom. The van der Waals surface area contributed by atoms with Crippen molar-refractivity contribution in [2.45, 2.75) is 0 Å². The predicted molar refractivity (Wildman–Crippen MR) is 68.2 cm³/mol. The minimum Gasteiger partial charge on any atom is -0.463 e. The van der Waals surface area contributed by atoms with E-state index in [1.165, 1.54) is 13.4 Å². The number of carbonyl (C=O) groups excluding carboxylic acids is 1. The van der Waals surface area contributed by atoms with Gasteiger partial charge in [-0.15, -0.1) is 0 Å². The van der Waals surface area contributed by atoms with Crippen LogP contribution in [0.15, 0.2) is 41.0 Å². The maximum atomic E-state index is 11.4. The zero-order valence-corrected chi connectivity index (χ0v) is 10.7. The fourth-order valence-corrected chi connectivity index (χ4v) is 1.78. The van der Waals surface area contributed by atoms with Gasteiger partial charge in [-0.05, 0) is 46.4 Å². The van der Waals surface area contributed by atoms with Gasteiger partial charge in [0.15, 0.2) is 0 Å². The lowest BCUT2D eigenvalue weighted by molar-refractivity contribution is 0.0566. The molecule has 1 heterocycles. The Morgan fingerprint density at radius 1 is 1.25 bits per heavy atom. The van der Waals surface area contributed by atoms with Crippen LogP contribution in [0.3, 0.4) is 0 Å². The highest BCUT2D eigenvalue weighted by molar-refractivity contribution is 14.1. The number of ether oxygens (including phenoxy) is 1. The maximum absolute atomic E-state index is 11.4. The van der Waals surface area contributed by atoms with E-state index in [9.17, 15) is 4.79 Å². The molecular weight excluding hydrogens is 319 g/mol. The molecule has 0 bridgehead atoms. The van der Waals surface area contributed by atoms with E-state index in [2.05, 4.69) is 27.3 Å². The molecule has 1 aromatic heterocycles. The van der Waals surface area contributed by atoms with Crippen LogP contribution in [-0.4, -0.2) is 13.1 Å². The first-order valence-electron chi connectivity index (χ1n) is 4.64. The summed E-state index contributed by atoms with van der Waals surface area (Å²) in [6.45, 7) is 0. The van der Waals surface area contributed by atoms with E-state index in [0.717, 1.165) is 14.7 Å². The van der Waals surface area contributed by atoms with Crippen LogP contribution in [-0.2, 0) is 4.74 Å². The van der Waals surface area contributed by atoms with E-state index >= 15 is 0 Å². The van der Waals surface area contributed by atoms with Gasteiger partial charge >= 0.3 is 5.97 Å². The fourth-order valence-electron chi connectivity index (χ4n) is 1.42. The minimum absolute atomic E-state index is 0.240. The van der Waals surface area contributed by atoms with Crippen molar-refractivity contribution in [2.75, 3.05) is 7.11 Å². The second-order valence-corrected chi connectivity index (χ2v) is 4.41. The van der Waals surface area contributed by atoms with Crippen molar-refractivity contribution in [2.24, 2.45) is 0 Å². The first-order chi connectivity index (χ1) is 7.72. The van der Waals surface area contributed by atoms with E-state index < -0.39 is 5.97 Å². The van der Waals surface area contributed by atoms with E-state index in [1.54, 1.807) is 6.07 Å². The summed E-state index contributed by atoms with van der Waals surface area (Å²) in [6, 6.07) is 9.60. The van der Waals surface area contributed by atoms with Gasteiger partial charge in [0.1, 0.15) is 0 Å². The number of halogens is 1. The molecule has 82 valence electrons. The highest BCUT2D eigenvalue weighted by Gasteiger charge is 2.16. The molecule has 0 spiro atoms. The smallest absolute Gasteiger partial charge is 0.374 e. The molecule has 0 radical (unpaired) electrons. The Bertz CT molecular complexity index is 499. The molecule has 2 rings (SSSR count). The number of benzene rings is 1. The van der Waals surface area contributed by atoms with Gasteiger partial charge in [0, 0.05) is 9.13 Å². The van der Waals surface area contributed by atoms with Crippen LogP contribution in [0.25, 0.3) is 11.1 Å². The highest BCUT2D eigenvalue weighted by atomic mass is 127. The zero-order chi connectivity index (χ0) is 11.5. The Kier molecular flexibility index (Phi) is 3.28. The molecule has 4 heteroatoms. The van der Waals surface area contributed by atoms with Crippen molar-refractivity contribution in [1.29, 1.82) is 0 Å². The van der Waals surface area contributed by atoms with Gasteiger partial charge in [-0.25, -0.2) is 4.79 Å². The zero-order valence-electron chi connectivity index (χ0n) is 8.57. The summed E-state index contributed by atoms with van der Waals surface area (Å²) in [7, 11) is 1.34. The highest BCUT2D eigenvalue weighted by Crippen LogP contribution is 2.26. The normalized spacial score (nSPS) is 10.1. The van der Waals surface area contributed by atoms with Crippen molar-refractivity contribution in [1.82, 2.24) is 0 Å². The van der Waals surface area contributed by atoms with Crippen molar-refractivity contribution in [3.05, 3.63) is 45.9 Å². The van der Waals surface area contributed by atoms with Gasteiger partial charge < -0.3 is 9.15 Å². The summed E-state index contributed by atoms with van der Waals surface area (Å²) in [5.41, 5.74) is 1.69. The Balaban J connectivity index is 2.44. The van der Waals surface area contributed by atoms with Crippen molar-refractivity contribution >= 4 is 28.6 Å². The lowest BCUT2D eigenvalue weighted by Gasteiger charge is -2.01. The topological polar surface area (TPSA) is 39.4 Å². The average Bonchev–Trinajstić information content (AvgIpc) is 2.78. The van der Waals surface area contributed by atoms with Gasteiger partial charge in [0.25, 0.3) is 0 Å². The number of rotatable bonds is 2. The van der Waals surface area contributed by atoms with Crippen molar-refractivity contribution in [3.8, 4) is 11.1 Å².